The lowest BCUT2D eigenvalue weighted by atomic mass is 10.1. The van der Waals surface area contributed by atoms with E-state index in [4.69, 9.17) is 5.11 Å². The van der Waals surface area contributed by atoms with E-state index in [2.05, 4.69) is 38.5 Å². The lowest BCUT2D eigenvalue weighted by Gasteiger charge is -2.08. The van der Waals surface area contributed by atoms with Crippen molar-refractivity contribution in [2.24, 2.45) is 0 Å². The Hall–Kier alpha value is -3.11. The van der Waals surface area contributed by atoms with Gasteiger partial charge in [0.15, 0.2) is 0 Å². The van der Waals surface area contributed by atoms with E-state index in [1.165, 1.54) is 12.1 Å². The summed E-state index contributed by atoms with van der Waals surface area (Å²) in [5.74, 6) is -0.326. The summed E-state index contributed by atoms with van der Waals surface area (Å²) >= 11 is 3.48. The summed E-state index contributed by atoms with van der Waals surface area (Å²) < 4.78 is 2.81. The molecule has 0 atom stereocenters. The van der Waals surface area contributed by atoms with Crippen LogP contribution in [0.1, 0.15) is 21.5 Å². The molecule has 3 aromatic rings. The highest BCUT2D eigenvalue weighted by atomic mass is 79.9. The average molecular weight is 409 g/mol. The number of carboxylic acid groups (broad SMARTS) is 1. The molecule has 0 radical (unpaired) electrons. The summed E-state index contributed by atoms with van der Waals surface area (Å²) in [5.41, 5.74) is 4.02. The zero-order valence-electron chi connectivity index (χ0n) is 13.5. The van der Waals surface area contributed by atoms with Crippen molar-refractivity contribution in [1.29, 1.82) is 5.26 Å². The Balaban J connectivity index is 1.79. The number of aryl methyl sites for hydroxylation is 2. The van der Waals surface area contributed by atoms with Gasteiger partial charge in [-0.1, -0.05) is 28.1 Å². The molecule has 2 heterocycles. The van der Waals surface area contributed by atoms with Crippen molar-refractivity contribution >= 4 is 33.4 Å². The lowest BCUT2D eigenvalue weighted by Crippen LogP contribution is -2.02. The van der Waals surface area contributed by atoms with Crippen LogP contribution in [-0.2, 0) is 13.0 Å². The maximum Gasteiger partial charge on any atom is 0.335 e. The van der Waals surface area contributed by atoms with Gasteiger partial charge in [-0.05, 0) is 42.3 Å². The highest BCUT2D eigenvalue weighted by Gasteiger charge is 2.22. The smallest absolute Gasteiger partial charge is 0.335 e. The van der Waals surface area contributed by atoms with Gasteiger partial charge in [0.25, 0.3) is 0 Å². The third kappa shape index (κ3) is 2.74. The molecule has 128 valence electrons. The number of nitrogens with one attached hydrogen (secondary N) is 1. The summed E-state index contributed by atoms with van der Waals surface area (Å²) in [5, 5.41) is 26.7. The Morgan fingerprint density at radius 2 is 2.04 bits per heavy atom. The number of anilines is 2. The van der Waals surface area contributed by atoms with E-state index in [0.717, 1.165) is 22.1 Å². The summed E-state index contributed by atoms with van der Waals surface area (Å²) in [6, 6.07) is 14.6. The molecule has 7 heteroatoms. The Kier molecular flexibility index (Phi) is 3.98. The largest absolute Gasteiger partial charge is 0.478 e. The van der Waals surface area contributed by atoms with Crippen LogP contribution in [0, 0.1) is 11.3 Å². The van der Waals surface area contributed by atoms with Gasteiger partial charge in [-0.25, -0.2) is 9.48 Å². The van der Waals surface area contributed by atoms with Crippen LogP contribution in [0.4, 0.5) is 11.5 Å². The van der Waals surface area contributed by atoms with E-state index in [0.29, 0.717) is 29.2 Å². The molecule has 4 rings (SSSR count). The number of rotatable bonds is 2. The number of hydrogen-bond acceptors (Lipinski definition) is 4. The van der Waals surface area contributed by atoms with Crippen molar-refractivity contribution in [1.82, 2.24) is 9.78 Å². The Labute approximate surface area is 157 Å². The van der Waals surface area contributed by atoms with Gasteiger partial charge >= 0.3 is 5.97 Å². The molecule has 1 aliphatic rings. The molecule has 0 spiro atoms. The number of fused-ring (bicyclic) bond motifs is 2. The van der Waals surface area contributed by atoms with Crippen LogP contribution in [0.5, 0.6) is 0 Å². The number of nitriles is 1. The zero-order valence-corrected chi connectivity index (χ0v) is 15.1. The Morgan fingerprint density at radius 1 is 1.27 bits per heavy atom. The zero-order chi connectivity index (χ0) is 18.3. The van der Waals surface area contributed by atoms with Gasteiger partial charge in [-0.2, -0.15) is 10.4 Å². The van der Waals surface area contributed by atoms with E-state index < -0.39 is 5.97 Å². The monoisotopic (exact) mass is 408 g/mol. The third-order valence-corrected chi connectivity index (χ3v) is 4.88. The van der Waals surface area contributed by atoms with Crippen LogP contribution >= 0.6 is 15.9 Å². The highest BCUT2D eigenvalue weighted by Crippen LogP contribution is 2.34. The topological polar surface area (TPSA) is 90.9 Å². The van der Waals surface area contributed by atoms with Crippen LogP contribution < -0.4 is 5.32 Å². The summed E-state index contributed by atoms with van der Waals surface area (Å²) in [7, 11) is 0. The molecule has 0 unspecified atom stereocenters. The molecule has 0 fully saturated rings. The average Bonchev–Trinajstić information content (AvgIpc) is 2.89. The number of carboxylic acids is 1. The Bertz CT molecular complexity index is 1060. The number of aromatic carboxylic acids is 1. The second-order valence-corrected chi connectivity index (χ2v) is 6.88. The summed E-state index contributed by atoms with van der Waals surface area (Å²) in [4.78, 5) is 11.0. The van der Waals surface area contributed by atoms with Crippen molar-refractivity contribution in [2.75, 3.05) is 5.32 Å². The standard InChI is InChI=1S/C19H13BrN4O2/c20-14-5-6-16-13(9-14)7-8-24-18(22-16)15(10-21)17(23-24)11-1-3-12(4-2-11)19(25)26/h1-6,9,22H,7-8H2,(H,25,26). The summed E-state index contributed by atoms with van der Waals surface area (Å²) in [6.07, 6.45) is 0.790. The number of halogens is 1. The fourth-order valence-electron chi connectivity index (χ4n) is 3.07. The highest BCUT2D eigenvalue weighted by molar-refractivity contribution is 9.10. The summed E-state index contributed by atoms with van der Waals surface area (Å²) in [6.45, 7) is 0.647. The molecular weight excluding hydrogens is 396 g/mol. The molecule has 0 aliphatic carbocycles. The van der Waals surface area contributed by atoms with Gasteiger partial charge < -0.3 is 10.4 Å². The minimum absolute atomic E-state index is 0.200. The number of aromatic nitrogens is 2. The van der Waals surface area contributed by atoms with Crippen molar-refractivity contribution in [2.45, 2.75) is 13.0 Å². The van der Waals surface area contributed by atoms with Crippen molar-refractivity contribution in [3.63, 3.8) is 0 Å². The van der Waals surface area contributed by atoms with Gasteiger partial charge in [0, 0.05) is 22.3 Å². The van der Waals surface area contributed by atoms with E-state index in [-0.39, 0.29) is 5.56 Å². The molecule has 0 saturated heterocycles. The fourth-order valence-corrected chi connectivity index (χ4v) is 3.48. The van der Waals surface area contributed by atoms with Gasteiger partial charge in [-0.3, -0.25) is 0 Å². The van der Waals surface area contributed by atoms with E-state index >= 15 is 0 Å². The normalized spacial score (nSPS) is 12.3. The van der Waals surface area contributed by atoms with Crippen molar-refractivity contribution < 1.29 is 9.90 Å². The van der Waals surface area contributed by atoms with Crippen LogP contribution in [0.15, 0.2) is 46.9 Å². The third-order valence-electron chi connectivity index (χ3n) is 4.38. The predicted octanol–water partition coefficient (Wildman–Crippen LogP) is 4.18. The molecule has 0 saturated carbocycles. The van der Waals surface area contributed by atoms with Crippen LogP contribution in [0.25, 0.3) is 11.3 Å². The minimum atomic E-state index is -0.984. The number of nitrogens with zero attached hydrogens (tertiary/aromatic N) is 3. The SMILES string of the molecule is N#Cc1c(-c2ccc(C(=O)O)cc2)nn2c1Nc1ccc(Br)cc1CC2. The fraction of sp³-hybridized carbons (Fsp3) is 0.105. The number of benzene rings is 2. The first kappa shape index (κ1) is 16.4. The molecule has 0 bridgehead atoms. The first-order valence-corrected chi connectivity index (χ1v) is 8.76. The second-order valence-electron chi connectivity index (χ2n) is 5.97. The number of hydrogen-bond donors (Lipinski definition) is 2. The molecule has 1 aromatic heterocycles. The molecule has 2 aromatic carbocycles. The van der Waals surface area contributed by atoms with Crippen molar-refractivity contribution in [3.05, 3.63) is 63.6 Å². The quantitative estimate of drug-likeness (QED) is 0.663. The molecule has 2 N–H and O–H groups in total. The molecule has 1 aliphatic heterocycles. The maximum absolute atomic E-state index is 11.0. The number of carbonyl (C=O) groups is 1. The minimum Gasteiger partial charge on any atom is -0.478 e. The first-order chi connectivity index (χ1) is 12.6. The van der Waals surface area contributed by atoms with Crippen molar-refractivity contribution in [3.8, 4) is 17.3 Å². The van der Waals surface area contributed by atoms with E-state index in [1.54, 1.807) is 16.8 Å². The van der Waals surface area contributed by atoms with Gasteiger partial charge in [0.05, 0.1) is 5.56 Å². The lowest BCUT2D eigenvalue weighted by molar-refractivity contribution is 0.0697. The van der Waals surface area contributed by atoms with Crippen LogP contribution in [-0.4, -0.2) is 20.9 Å². The van der Waals surface area contributed by atoms with E-state index in [1.807, 2.05) is 12.1 Å². The molecule has 26 heavy (non-hydrogen) atoms. The van der Waals surface area contributed by atoms with E-state index in [9.17, 15) is 10.1 Å². The van der Waals surface area contributed by atoms with Gasteiger partial charge in [0.1, 0.15) is 23.1 Å². The maximum atomic E-state index is 11.0. The second kappa shape index (κ2) is 6.32. The molecule has 6 nitrogen and oxygen atoms in total. The van der Waals surface area contributed by atoms with Gasteiger partial charge in [-0.15, -0.1) is 0 Å². The molecular formula is C19H13BrN4O2. The predicted molar refractivity (Wildman–Crippen MR) is 100 cm³/mol. The Morgan fingerprint density at radius 3 is 2.73 bits per heavy atom. The first-order valence-electron chi connectivity index (χ1n) is 7.97. The van der Waals surface area contributed by atoms with Gasteiger partial charge in [0.2, 0.25) is 0 Å². The molecule has 0 amide bonds. The van der Waals surface area contributed by atoms with Crippen LogP contribution in [0.2, 0.25) is 0 Å². The van der Waals surface area contributed by atoms with Crippen LogP contribution in [0.3, 0.4) is 0 Å².